The molecule has 0 radical (unpaired) electrons. The van der Waals surface area contributed by atoms with E-state index in [1.54, 1.807) is 0 Å². The van der Waals surface area contributed by atoms with Crippen LogP contribution in [0.3, 0.4) is 0 Å². The molecule has 1 aromatic heterocycles. The molecule has 1 aliphatic carbocycles. The number of aromatic nitrogens is 2. The number of piperidine rings is 1. The molecule has 37 heavy (non-hydrogen) atoms. The summed E-state index contributed by atoms with van der Waals surface area (Å²) in [5.41, 5.74) is 1.74. The fourth-order valence-electron chi connectivity index (χ4n) is 5.68. The second-order valence-electron chi connectivity index (χ2n) is 11.8. The topological polar surface area (TPSA) is 65.8 Å². The molecule has 1 aromatic carbocycles. The zero-order valence-electron chi connectivity index (χ0n) is 22.2. The fraction of sp³-hybridized carbons (Fsp3) is 0.714. The molecule has 2 saturated heterocycles. The largest absolute Gasteiger partial charge is 0.444 e. The molecular formula is C28H39BrClN3O4. The molecule has 1 amide bonds. The minimum Gasteiger partial charge on any atom is -0.444 e. The van der Waals surface area contributed by atoms with Gasteiger partial charge in [-0.15, -0.1) is 0 Å². The normalized spacial score (nSPS) is 26.5. The van der Waals surface area contributed by atoms with Gasteiger partial charge in [-0.2, -0.15) is 5.10 Å². The third kappa shape index (κ3) is 6.45. The maximum atomic E-state index is 12.4. The van der Waals surface area contributed by atoms with Gasteiger partial charge in [-0.1, -0.05) is 11.6 Å². The second kappa shape index (κ2) is 11.4. The van der Waals surface area contributed by atoms with Crippen LogP contribution in [0, 0.1) is 11.8 Å². The Balaban J connectivity index is 1.11. The monoisotopic (exact) mass is 595 g/mol. The number of nitrogens with zero attached hydrogens (tertiary/aromatic N) is 3. The van der Waals surface area contributed by atoms with Crippen molar-refractivity contribution in [3.8, 4) is 0 Å². The Labute approximate surface area is 233 Å². The number of hydrogen-bond donors (Lipinski definition) is 0. The molecule has 2 aromatic rings. The molecule has 0 N–H and O–H groups in total. The minimum atomic E-state index is -0.458. The van der Waals surface area contributed by atoms with Crippen LogP contribution < -0.4 is 0 Å². The lowest BCUT2D eigenvalue weighted by atomic mass is 9.95. The van der Waals surface area contributed by atoms with Crippen LogP contribution in [-0.2, 0) is 14.2 Å². The first-order valence-corrected chi connectivity index (χ1v) is 14.9. The van der Waals surface area contributed by atoms with Gasteiger partial charge in [0.15, 0.2) is 6.23 Å². The van der Waals surface area contributed by atoms with Crippen LogP contribution in [0.1, 0.15) is 83.4 Å². The van der Waals surface area contributed by atoms with Gasteiger partial charge in [0, 0.05) is 47.8 Å². The maximum absolute atomic E-state index is 12.4. The van der Waals surface area contributed by atoms with Crippen molar-refractivity contribution >= 4 is 44.5 Å². The van der Waals surface area contributed by atoms with Gasteiger partial charge < -0.3 is 19.1 Å². The number of likely N-dealkylation sites (tertiary alicyclic amines) is 1. The molecule has 7 nitrogen and oxygen atoms in total. The zero-order chi connectivity index (χ0) is 26.2. The van der Waals surface area contributed by atoms with Gasteiger partial charge in [0.05, 0.1) is 11.7 Å². The minimum absolute atomic E-state index is 0.0116. The van der Waals surface area contributed by atoms with Gasteiger partial charge in [-0.25, -0.2) is 9.48 Å². The van der Waals surface area contributed by atoms with Crippen LogP contribution in [0.25, 0.3) is 10.9 Å². The quantitative estimate of drug-likeness (QED) is 0.314. The molecule has 204 valence electrons. The molecule has 0 spiro atoms. The summed E-state index contributed by atoms with van der Waals surface area (Å²) < 4.78 is 20.7. The molecular weight excluding hydrogens is 558 g/mol. The molecule has 2 aliphatic heterocycles. The fourth-order valence-corrected chi connectivity index (χ4v) is 6.95. The lowest BCUT2D eigenvalue weighted by molar-refractivity contribution is -0.0366. The predicted molar refractivity (Wildman–Crippen MR) is 148 cm³/mol. The Morgan fingerprint density at radius 1 is 1.27 bits per heavy atom. The summed E-state index contributed by atoms with van der Waals surface area (Å²) in [6.07, 6.45) is 9.18. The summed E-state index contributed by atoms with van der Waals surface area (Å²) in [5.74, 6) is 1.34. The van der Waals surface area contributed by atoms with Crippen molar-refractivity contribution in [1.29, 1.82) is 0 Å². The smallest absolute Gasteiger partial charge is 0.410 e. The molecule has 0 bridgehead atoms. The highest BCUT2D eigenvalue weighted by Gasteiger charge is 2.41. The van der Waals surface area contributed by atoms with E-state index >= 15 is 0 Å². The van der Waals surface area contributed by atoms with E-state index in [0.29, 0.717) is 17.8 Å². The van der Waals surface area contributed by atoms with Gasteiger partial charge in [0.25, 0.3) is 0 Å². The first-order chi connectivity index (χ1) is 17.7. The van der Waals surface area contributed by atoms with Gasteiger partial charge >= 0.3 is 6.09 Å². The van der Waals surface area contributed by atoms with E-state index < -0.39 is 5.60 Å². The van der Waals surface area contributed by atoms with Crippen molar-refractivity contribution in [2.45, 2.75) is 83.5 Å². The molecule has 3 unspecified atom stereocenters. The zero-order valence-corrected chi connectivity index (χ0v) is 24.5. The van der Waals surface area contributed by atoms with Gasteiger partial charge in [-0.3, -0.25) is 0 Å². The van der Waals surface area contributed by atoms with Crippen molar-refractivity contribution in [1.82, 2.24) is 14.7 Å². The molecule has 3 fully saturated rings. The molecule has 3 aliphatic rings. The Kier molecular flexibility index (Phi) is 8.39. The van der Waals surface area contributed by atoms with Crippen molar-refractivity contribution in [2.75, 3.05) is 32.9 Å². The molecule has 5 rings (SSSR count). The SMILES string of the molecule is CC(C)(C)OC(=O)N1CCC[C@@H](CCOCC2CC2c2c(Cl)cc3c(cnn3C3CCCCO3)c2Br)C1. The van der Waals surface area contributed by atoms with Crippen molar-refractivity contribution in [3.63, 3.8) is 0 Å². The van der Waals surface area contributed by atoms with Gasteiger partial charge in [0.1, 0.15) is 5.60 Å². The Morgan fingerprint density at radius 2 is 2.11 bits per heavy atom. The third-order valence-corrected chi connectivity index (χ3v) is 8.89. The number of ether oxygens (including phenoxy) is 3. The molecule has 9 heteroatoms. The van der Waals surface area contributed by atoms with Crippen molar-refractivity contribution < 1.29 is 19.0 Å². The lowest BCUT2D eigenvalue weighted by Gasteiger charge is -2.34. The summed E-state index contributed by atoms with van der Waals surface area (Å²) in [6.45, 7) is 9.51. The van der Waals surface area contributed by atoms with Gasteiger partial charge in [-0.05, 0) is 111 Å². The van der Waals surface area contributed by atoms with E-state index in [1.165, 1.54) is 5.56 Å². The third-order valence-electron chi connectivity index (χ3n) is 7.72. The van der Waals surface area contributed by atoms with E-state index in [-0.39, 0.29) is 12.3 Å². The maximum Gasteiger partial charge on any atom is 0.410 e. The highest BCUT2D eigenvalue weighted by Crippen LogP contribution is 2.53. The number of benzene rings is 1. The number of fused-ring (bicyclic) bond motifs is 1. The summed E-state index contributed by atoms with van der Waals surface area (Å²) in [6, 6.07) is 2.05. The van der Waals surface area contributed by atoms with E-state index in [4.69, 9.17) is 25.8 Å². The number of halogens is 2. The first-order valence-electron chi connectivity index (χ1n) is 13.7. The summed E-state index contributed by atoms with van der Waals surface area (Å²) in [5, 5.41) is 6.52. The summed E-state index contributed by atoms with van der Waals surface area (Å²) in [7, 11) is 0. The molecule has 4 atom stereocenters. The highest BCUT2D eigenvalue weighted by atomic mass is 79.9. The number of carbonyl (C=O) groups excluding carboxylic acids is 1. The summed E-state index contributed by atoms with van der Waals surface area (Å²) >= 11 is 10.7. The van der Waals surface area contributed by atoms with Crippen LogP contribution in [0.5, 0.6) is 0 Å². The second-order valence-corrected chi connectivity index (χ2v) is 13.0. The lowest BCUT2D eigenvalue weighted by Crippen LogP contribution is -2.43. The average molecular weight is 597 g/mol. The molecule has 3 heterocycles. The van der Waals surface area contributed by atoms with Crippen LogP contribution in [0.4, 0.5) is 4.79 Å². The van der Waals surface area contributed by atoms with E-state index in [0.717, 1.165) is 98.3 Å². The Bertz CT molecular complexity index is 1110. The average Bonchev–Trinajstić information content (AvgIpc) is 3.48. The van der Waals surface area contributed by atoms with Crippen molar-refractivity contribution in [3.05, 3.63) is 27.3 Å². The highest BCUT2D eigenvalue weighted by molar-refractivity contribution is 9.10. The predicted octanol–water partition coefficient (Wildman–Crippen LogP) is 7.31. The number of rotatable bonds is 7. The number of carbonyl (C=O) groups is 1. The van der Waals surface area contributed by atoms with E-state index in [2.05, 4.69) is 27.1 Å². The number of amides is 1. The molecule has 1 saturated carbocycles. The first kappa shape index (κ1) is 27.2. The van der Waals surface area contributed by atoms with Gasteiger partial charge in [0.2, 0.25) is 0 Å². The van der Waals surface area contributed by atoms with Crippen molar-refractivity contribution in [2.24, 2.45) is 11.8 Å². The van der Waals surface area contributed by atoms with Crippen LogP contribution >= 0.6 is 27.5 Å². The van der Waals surface area contributed by atoms with Crippen LogP contribution in [-0.4, -0.2) is 59.3 Å². The number of hydrogen-bond acceptors (Lipinski definition) is 5. The standard InChI is InChI=1S/C28H39BrClN3O4/c1-28(2,3)37-27(34)32-10-6-7-18(16-32)9-12-35-17-19-13-20(19)25-22(30)14-23-21(26(25)29)15-31-33(23)24-8-4-5-11-36-24/h14-15,18-20,24H,4-13,16-17H2,1-3H3/t18-,19?,20?,24?/m0/s1. The van der Waals surface area contributed by atoms with Crippen LogP contribution in [0.15, 0.2) is 16.7 Å². The van der Waals surface area contributed by atoms with E-state index in [9.17, 15) is 4.79 Å². The Morgan fingerprint density at radius 3 is 2.86 bits per heavy atom. The summed E-state index contributed by atoms with van der Waals surface area (Å²) in [4.78, 5) is 14.3. The van der Waals surface area contributed by atoms with Crippen LogP contribution in [0.2, 0.25) is 5.02 Å². The van der Waals surface area contributed by atoms with E-state index in [1.807, 2.05) is 36.5 Å². The Hall–Kier alpha value is -1.35.